The smallest absolute Gasteiger partial charge is 0.256 e. The monoisotopic (exact) mass is 253 g/mol. The van der Waals surface area contributed by atoms with Gasteiger partial charge < -0.3 is 10.4 Å². The van der Waals surface area contributed by atoms with Gasteiger partial charge in [-0.15, -0.1) is 0 Å². The topological polar surface area (TPSA) is 49.3 Å². The average molecular weight is 254 g/mol. The molecule has 1 fully saturated rings. The maximum absolute atomic E-state index is 12.0. The van der Waals surface area contributed by atoms with Crippen LogP contribution in [0.25, 0.3) is 0 Å². The van der Waals surface area contributed by atoms with Crippen LogP contribution in [-0.4, -0.2) is 16.6 Å². The van der Waals surface area contributed by atoms with Crippen LogP contribution < -0.4 is 5.32 Å². The van der Waals surface area contributed by atoms with Crippen molar-refractivity contribution in [2.45, 2.75) is 38.2 Å². The molecule has 0 aromatic heterocycles. The number of hydrogen-bond acceptors (Lipinski definition) is 2. The first-order valence-corrected chi connectivity index (χ1v) is 6.20. The number of hydrogen-bond donors (Lipinski definition) is 2. The first kappa shape index (κ1) is 12.4. The van der Waals surface area contributed by atoms with Crippen molar-refractivity contribution in [2.75, 3.05) is 5.32 Å². The van der Waals surface area contributed by atoms with Crippen LogP contribution in [0.15, 0.2) is 18.2 Å². The predicted octanol–water partition coefficient (Wildman–Crippen LogP) is 2.89. The van der Waals surface area contributed by atoms with Gasteiger partial charge in [-0.1, -0.05) is 23.7 Å². The number of benzene rings is 1. The van der Waals surface area contributed by atoms with Gasteiger partial charge in [0.05, 0.1) is 10.7 Å². The first-order chi connectivity index (χ1) is 8.03. The third-order valence-electron chi connectivity index (χ3n) is 3.29. The molecule has 1 aromatic carbocycles. The second-order valence-corrected chi connectivity index (χ2v) is 5.01. The maximum atomic E-state index is 12.0. The molecule has 0 spiro atoms. The zero-order valence-electron chi connectivity index (χ0n) is 9.79. The number of carbonyl (C=O) groups excluding carboxylic acids is 1. The van der Waals surface area contributed by atoms with Gasteiger partial charge in [-0.3, -0.25) is 4.79 Å². The Hall–Kier alpha value is -1.06. The molecule has 0 aliphatic heterocycles. The molecule has 2 N–H and O–H groups in total. The fourth-order valence-electron chi connectivity index (χ4n) is 2.17. The standard InChI is InChI=1S/C13H16ClNO2/c1-9-5-4-6-10(11(9)14)15-12(16)13(17)7-2-3-8-13/h4-6,17H,2-3,7-8H2,1H3,(H,15,16). The van der Waals surface area contributed by atoms with E-state index in [1.54, 1.807) is 6.07 Å². The van der Waals surface area contributed by atoms with Crippen LogP contribution in [0.3, 0.4) is 0 Å². The Morgan fingerprint density at radius 1 is 1.41 bits per heavy atom. The van der Waals surface area contributed by atoms with Crippen molar-refractivity contribution in [3.05, 3.63) is 28.8 Å². The van der Waals surface area contributed by atoms with Gasteiger partial charge >= 0.3 is 0 Å². The summed E-state index contributed by atoms with van der Waals surface area (Å²) in [5.41, 5.74) is 0.257. The van der Waals surface area contributed by atoms with Gasteiger partial charge in [-0.25, -0.2) is 0 Å². The van der Waals surface area contributed by atoms with Gasteiger partial charge in [0, 0.05) is 0 Å². The number of rotatable bonds is 2. The molecule has 1 aromatic rings. The van der Waals surface area contributed by atoms with E-state index in [-0.39, 0.29) is 5.91 Å². The normalized spacial score (nSPS) is 18.1. The highest BCUT2D eigenvalue weighted by atomic mass is 35.5. The Bertz CT molecular complexity index is 439. The molecular formula is C13H16ClNO2. The Balaban J connectivity index is 2.16. The Morgan fingerprint density at radius 3 is 2.71 bits per heavy atom. The van der Waals surface area contributed by atoms with Crippen LogP contribution in [0, 0.1) is 6.92 Å². The number of halogens is 1. The lowest BCUT2D eigenvalue weighted by molar-refractivity contribution is -0.133. The Morgan fingerprint density at radius 2 is 2.06 bits per heavy atom. The Labute approximate surface area is 106 Å². The van der Waals surface area contributed by atoms with E-state index in [1.807, 2.05) is 19.1 Å². The highest BCUT2D eigenvalue weighted by molar-refractivity contribution is 6.34. The number of aryl methyl sites for hydroxylation is 1. The van der Waals surface area contributed by atoms with Gasteiger partial charge in [0.1, 0.15) is 5.60 Å². The van der Waals surface area contributed by atoms with Gasteiger partial charge in [-0.05, 0) is 44.2 Å². The lowest BCUT2D eigenvalue weighted by Gasteiger charge is -2.21. The summed E-state index contributed by atoms with van der Waals surface area (Å²) in [5, 5.41) is 13.4. The summed E-state index contributed by atoms with van der Waals surface area (Å²) in [4.78, 5) is 12.0. The molecule has 1 saturated carbocycles. The van der Waals surface area contributed by atoms with Crippen LogP contribution >= 0.6 is 11.6 Å². The quantitative estimate of drug-likeness (QED) is 0.852. The second kappa shape index (κ2) is 4.67. The fourth-order valence-corrected chi connectivity index (χ4v) is 2.34. The van der Waals surface area contributed by atoms with Crippen LogP contribution in [-0.2, 0) is 4.79 Å². The van der Waals surface area contributed by atoms with E-state index < -0.39 is 5.60 Å². The number of nitrogens with one attached hydrogen (secondary N) is 1. The van der Waals surface area contributed by atoms with Crippen LogP contribution in [0.4, 0.5) is 5.69 Å². The van der Waals surface area contributed by atoms with E-state index in [2.05, 4.69) is 5.32 Å². The molecule has 0 atom stereocenters. The highest BCUT2D eigenvalue weighted by Gasteiger charge is 2.38. The van der Waals surface area contributed by atoms with Gasteiger partial charge in [0.25, 0.3) is 5.91 Å². The lowest BCUT2D eigenvalue weighted by Crippen LogP contribution is -2.40. The minimum Gasteiger partial charge on any atom is -0.380 e. The molecular weight excluding hydrogens is 238 g/mol. The van der Waals surface area contributed by atoms with Gasteiger partial charge in [0.2, 0.25) is 0 Å². The van der Waals surface area contributed by atoms with Crippen molar-refractivity contribution >= 4 is 23.2 Å². The second-order valence-electron chi connectivity index (χ2n) is 4.63. The number of anilines is 1. The molecule has 1 aliphatic rings. The third kappa shape index (κ3) is 2.45. The number of carbonyl (C=O) groups is 1. The minimum absolute atomic E-state index is 0.345. The van der Waals surface area contributed by atoms with E-state index in [1.165, 1.54) is 0 Å². The summed E-state index contributed by atoms with van der Waals surface area (Å²) in [5.74, 6) is -0.345. The minimum atomic E-state index is -1.22. The molecule has 92 valence electrons. The van der Waals surface area contributed by atoms with Crippen LogP contribution in [0.5, 0.6) is 0 Å². The van der Waals surface area contributed by atoms with Crippen molar-refractivity contribution in [1.82, 2.24) is 0 Å². The van der Waals surface area contributed by atoms with E-state index >= 15 is 0 Å². The predicted molar refractivity (Wildman–Crippen MR) is 68.2 cm³/mol. The van der Waals surface area contributed by atoms with Crippen molar-refractivity contribution in [2.24, 2.45) is 0 Å². The summed E-state index contributed by atoms with van der Waals surface area (Å²) in [6.07, 6.45) is 2.85. The summed E-state index contributed by atoms with van der Waals surface area (Å²) in [6.45, 7) is 1.88. The maximum Gasteiger partial charge on any atom is 0.256 e. The van der Waals surface area contributed by atoms with Crippen LogP contribution in [0.2, 0.25) is 5.02 Å². The third-order valence-corrected chi connectivity index (χ3v) is 3.80. The highest BCUT2D eigenvalue weighted by Crippen LogP contribution is 2.32. The van der Waals surface area contributed by atoms with Crippen molar-refractivity contribution in [3.8, 4) is 0 Å². The number of amides is 1. The van der Waals surface area contributed by atoms with Crippen LogP contribution in [0.1, 0.15) is 31.2 Å². The molecule has 0 radical (unpaired) electrons. The molecule has 2 rings (SSSR count). The van der Waals surface area contributed by atoms with Gasteiger partial charge in [0.15, 0.2) is 0 Å². The van der Waals surface area contributed by atoms with E-state index in [4.69, 9.17) is 11.6 Å². The SMILES string of the molecule is Cc1cccc(NC(=O)C2(O)CCCC2)c1Cl. The molecule has 17 heavy (non-hydrogen) atoms. The Kier molecular flexibility index (Phi) is 3.40. The summed E-state index contributed by atoms with van der Waals surface area (Å²) >= 11 is 6.09. The van der Waals surface area contributed by atoms with E-state index in [9.17, 15) is 9.90 Å². The molecule has 0 heterocycles. The largest absolute Gasteiger partial charge is 0.380 e. The molecule has 3 nitrogen and oxygen atoms in total. The van der Waals surface area contributed by atoms with Gasteiger partial charge in [-0.2, -0.15) is 0 Å². The van der Waals surface area contributed by atoms with E-state index in [0.29, 0.717) is 23.6 Å². The molecule has 1 amide bonds. The zero-order valence-corrected chi connectivity index (χ0v) is 10.5. The summed E-state index contributed by atoms with van der Waals surface area (Å²) < 4.78 is 0. The molecule has 0 saturated heterocycles. The van der Waals surface area contributed by atoms with Crippen molar-refractivity contribution in [1.29, 1.82) is 0 Å². The summed E-state index contributed by atoms with van der Waals surface area (Å²) in [6, 6.07) is 5.45. The first-order valence-electron chi connectivity index (χ1n) is 5.82. The summed E-state index contributed by atoms with van der Waals surface area (Å²) in [7, 11) is 0. The molecule has 0 bridgehead atoms. The zero-order chi connectivity index (χ0) is 12.5. The lowest BCUT2D eigenvalue weighted by atomic mass is 10.0. The number of aliphatic hydroxyl groups is 1. The van der Waals surface area contributed by atoms with E-state index in [0.717, 1.165) is 18.4 Å². The van der Waals surface area contributed by atoms with Crippen molar-refractivity contribution in [3.63, 3.8) is 0 Å². The average Bonchev–Trinajstić information content (AvgIpc) is 2.73. The molecule has 1 aliphatic carbocycles. The molecule has 4 heteroatoms. The fraction of sp³-hybridized carbons (Fsp3) is 0.462. The van der Waals surface area contributed by atoms with Crippen molar-refractivity contribution < 1.29 is 9.90 Å². The molecule has 0 unspecified atom stereocenters.